The van der Waals surface area contributed by atoms with Crippen LogP contribution in [0.25, 0.3) is 0 Å². The van der Waals surface area contributed by atoms with Gasteiger partial charge in [-0.25, -0.2) is 13.4 Å². The molecule has 0 aromatic carbocycles. The van der Waals surface area contributed by atoms with E-state index >= 15 is 0 Å². The number of pyridine rings is 1. The summed E-state index contributed by atoms with van der Waals surface area (Å²) in [6, 6.07) is 5.83. The maximum absolute atomic E-state index is 12.9. The van der Waals surface area contributed by atoms with E-state index < -0.39 is 10.0 Å². The molecule has 2 aromatic rings. The predicted molar refractivity (Wildman–Crippen MR) is 101 cm³/mol. The molecule has 2 aliphatic rings. The summed E-state index contributed by atoms with van der Waals surface area (Å²) in [5.74, 6) is 1.02. The molecule has 1 saturated heterocycles. The van der Waals surface area contributed by atoms with Crippen LogP contribution in [0.5, 0.6) is 0 Å². The van der Waals surface area contributed by atoms with E-state index in [9.17, 15) is 13.2 Å². The molecule has 28 heavy (non-hydrogen) atoms. The first-order valence-electron chi connectivity index (χ1n) is 9.36. The molecule has 2 atom stereocenters. The minimum Gasteiger partial charge on any atom is -0.384 e. The first kappa shape index (κ1) is 18.9. The van der Waals surface area contributed by atoms with Gasteiger partial charge in [-0.1, -0.05) is 11.2 Å². The van der Waals surface area contributed by atoms with Crippen LogP contribution < -0.4 is 11.1 Å². The Morgan fingerprint density at radius 3 is 2.79 bits per heavy atom. The highest BCUT2D eigenvalue weighted by Crippen LogP contribution is 2.40. The highest BCUT2D eigenvalue weighted by Gasteiger charge is 2.36. The number of aromatic nitrogens is 2. The van der Waals surface area contributed by atoms with Crippen LogP contribution in [0.15, 0.2) is 33.8 Å². The number of nitrogens with zero attached hydrogens (tertiary/aromatic N) is 3. The maximum Gasteiger partial charge on any atom is 0.273 e. The molecule has 10 heteroatoms. The lowest BCUT2D eigenvalue weighted by Gasteiger charge is -2.36. The summed E-state index contributed by atoms with van der Waals surface area (Å²) in [4.78, 5) is 16.4. The summed E-state index contributed by atoms with van der Waals surface area (Å²) in [5, 5.41) is 6.73. The number of nitrogen functional groups attached to an aromatic ring is 1. The molecular formula is C18H23N5O4S. The van der Waals surface area contributed by atoms with E-state index in [1.54, 1.807) is 18.2 Å². The van der Waals surface area contributed by atoms with Crippen LogP contribution in [-0.2, 0) is 10.0 Å². The summed E-state index contributed by atoms with van der Waals surface area (Å²) in [7, 11) is -3.73. The van der Waals surface area contributed by atoms with Crippen LogP contribution in [-0.4, -0.2) is 47.4 Å². The molecule has 3 heterocycles. The van der Waals surface area contributed by atoms with E-state index in [2.05, 4.69) is 15.5 Å². The Morgan fingerprint density at radius 1 is 1.32 bits per heavy atom. The number of carbonyl (C=O) groups excluding carboxylic acids is 1. The summed E-state index contributed by atoms with van der Waals surface area (Å²) >= 11 is 0. The van der Waals surface area contributed by atoms with Crippen molar-refractivity contribution in [3.8, 4) is 0 Å². The van der Waals surface area contributed by atoms with Gasteiger partial charge >= 0.3 is 0 Å². The minimum absolute atomic E-state index is 0.0583. The number of nitrogens with one attached hydrogen (secondary N) is 1. The van der Waals surface area contributed by atoms with Crippen LogP contribution in [0.2, 0.25) is 0 Å². The van der Waals surface area contributed by atoms with Crippen molar-refractivity contribution in [3.63, 3.8) is 0 Å². The number of rotatable bonds is 5. The molecular weight excluding hydrogens is 382 g/mol. The second-order valence-electron chi connectivity index (χ2n) is 7.45. The zero-order chi connectivity index (χ0) is 19.9. The van der Waals surface area contributed by atoms with Crippen molar-refractivity contribution in [3.05, 3.63) is 35.7 Å². The number of sulfonamides is 1. The summed E-state index contributed by atoms with van der Waals surface area (Å²) in [6.45, 7) is 2.11. The Hall–Kier alpha value is -2.46. The molecule has 1 aliphatic carbocycles. The van der Waals surface area contributed by atoms with Gasteiger partial charge in [-0.3, -0.25) is 4.79 Å². The van der Waals surface area contributed by atoms with Crippen molar-refractivity contribution in [2.24, 2.45) is 0 Å². The molecule has 9 nitrogen and oxygen atoms in total. The van der Waals surface area contributed by atoms with E-state index in [0.29, 0.717) is 18.8 Å². The Kier molecular flexibility index (Phi) is 4.84. The fourth-order valence-electron chi connectivity index (χ4n) is 3.55. The van der Waals surface area contributed by atoms with E-state index in [1.807, 2.05) is 6.92 Å². The highest BCUT2D eigenvalue weighted by atomic mass is 32.2. The number of hydrogen-bond donors (Lipinski definition) is 2. The number of amides is 1. The number of hydrogen-bond acceptors (Lipinski definition) is 7. The fraction of sp³-hybridized carbons (Fsp3) is 0.500. The number of carbonyl (C=O) groups is 1. The molecule has 4 rings (SSSR count). The zero-order valence-electron chi connectivity index (χ0n) is 15.5. The van der Waals surface area contributed by atoms with Crippen LogP contribution in [0.1, 0.15) is 54.8 Å². The van der Waals surface area contributed by atoms with Gasteiger partial charge in [0.2, 0.25) is 0 Å². The average Bonchev–Trinajstić information content (AvgIpc) is 3.38. The molecule has 0 spiro atoms. The Morgan fingerprint density at radius 2 is 2.11 bits per heavy atom. The van der Waals surface area contributed by atoms with Crippen LogP contribution >= 0.6 is 0 Å². The van der Waals surface area contributed by atoms with E-state index in [-0.39, 0.29) is 41.1 Å². The number of piperidine rings is 1. The lowest BCUT2D eigenvalue weighted by molar-refractivity contribution is 0.0905. The minimum atomic E-state index is -3.73. The first-order chi connectivity index (χ1) is 13.3. The third-order valence-corrected chi connectivity index (χ3v) is 7.13. The molecule has 2 aromatic heterocycles. The number of nitrogens with two attached hydrogens (primary N) is 1. The second-order valence-corrected chi connectivity index (χ2v) is 9.29. The monoisotopic (exact) mass is 405 g/mol. The molecule has 0 bridgehead atoms. The molecule has 1 aliphatic heterocycles. The number of anilines is 1. The van der Waals surface area contributed by atoms with Crippen LogP contribution in [0, 0.1) is 0 Å². The third kappa shape index (κ3) is 3.74. The van der Waals surface area contributed by atoms with Crippen molar-refractivity contribution in [1.29, 1.82) is 0 Å². The van der Waals surface area contributed by atoms with Crippen molar-refractivity contribution < 1.29 is 17.7 Å². The van der Waals surface area contributed by atoms with E-state index in [4.69, 9.17) is 10.3 Å². The molecule has 3 N–H and O–H groups in total. The van der Waals surface area contributed by atoms with Crippen LogP contribution in [0.3, 0.4) is 0 Å². The van der Waals surface area contributed by atoms with Gasteiger partial charge in [0.25, 0.3) is 15.9 Å². The normalized spacial score (nSPS) is 23.5. The zero-order valence-corrected chi connectivity index (χ0v) is 16.4. The third-order valence-electron chi connectivity index (χ3n) is 5.21. The molecule has 1 amide bonds. The lowest BCUT2D eigenvalue weighted by atomic mass is 10.0. The largest absolute Gasteiger partial charge is 0.384 e. The molecule has 1 saturated carbocycles. The second kappa shape index (κ2) is 7.17. The first-order valence-corrected chi connectivity index (χ1v) is 10.8. The Balaban J connectivity index is 1.40. The average molecular weight is 405 g/mol. The van der Waals surface area contributed by atoms with Gasteiger partial charge in [0, 0.05) is 30.6 Å². The van der Waals surface area contributed by atoms with Gasteiger partial charge in [0.05, 0.1) is 0 Å². The molecule has 0 radical (unpaired) electrons. The standard InChI is InChI=1S/C18H23N5O4S/c1-11-9-13(20-18(24)14-10-15(27-22-14)12-5-6-12)7-8-23(11)28(25,26)17-4-2-3-16(19)21-17/h2-4,10-13H,5-9H2,1H3,(H2,19,21)(H,20,24)/t11-,13-/m0/s1. The van der Waals surface area contributed by atoms with Gasteiger partial charge in [0.15, 0.2) is 10.7 Å². The Bertz CT molecular complexity index is 985. The lowest BCUT2D eigenvalue weighted by Crippen LogP contribution is -2.50. The van der Waals surface area contributed by atoms with Gasteiger partial charge in [0.1, 0.15) is 11.6 Å². The maximum atomic E-state index is 12.9. The van der Waals surface area contributed by atoms with Gasteiger partial charge in [-0.2, -0.15) is 4.31 Å². The van der Waals surface area contributed by atoms with Crippen molar-refractivity contribution in [2.75, 3.05) is 12.3 Å². The SMILES string of the molecule is C[C@H]1C[C@@H](NC(=O)c2cc(C3CC3)on2)CCN1S(=O)(=O)c1cccc(N)n1. The predicted octanol–water partition coefficient (Wildman–Crippen LogP) is 1.50. The smallest absolute Gasteiger partial charge is 0.273 e. The van der Waals surface area contributed by atoms with Gasteiger partial charge in [-0.15, -0.1) is 0 Å². The van der Waals surface area contributed by atoms with Gasteiger partial charge < -0.3 is 15.6 Å². The van der Waals surface area contributed by atoms with Crippen molar-refractivity contribution in [2.45, 2.75) is 55.6 Å². The summed E-state index contributed by atoms with van der Waals surface area (Å²) < 4.78 is 32.4. The van der Waals surface area contributed by atoms with Crippen molar-refractivity contribution in [1.82, 2.24) is 19.8 Å². The van der Waals surface area contributed by atoms with Gasteiger partial charge in [-0.05, 0) is 44.7 Å². The van der Waals surface area contributed by atoms with Crippen LogP contribution in [0.4, 0.5) is 5.82 Å². The Labute approximate surface area is 163 Å². The highest BCUT2D eigenvalue weighted by molar-refractivity contribution is 7.89. The van der Waals surface area contributed by atoms with Crippen molar-refractivity contribution >= 4 is 21.7 Å². The fourth-order valence-corrected chi connectivity index (χ4v) is 5.17. The molecule has 2 fully saturated rings. The summed E-state index contributed by atoms with van der Waals surface area (Å²) in [5.41, 5.74) is 5.89. The topological polar surface area (TPSA) is 131 Å². The molecule has 150 valence electrons. The summed E-state index contributed by atoms with van der Waals surface area (Å²) in [6.07, 6.45) is 3.15. The quantitative estimate of drug-likeness (QED) is 0.770. The van der Waals surface area contributed by atoms with E-state index in [1.165, 1.54) is 10.4 Å². The van der Waals surface area contributed by atoms with E-state index in [0.717, 1.165) is 18.6 Å². The molecule has 0 unspecified atom stereocenters.